The molecule has 3 aliphatic rings. The Bertz CT molecular complexity index is 1790. The summed E-state index contributed by atoms with van der Waals surface area (Å²) in [6, 6.07) is 6.19. The Kier molecular flexibility index (Phi) is 8.37. The highest BCUT2D eigenvalue weighted by atomic mass is 16.3. The molecule has 0 aliphatic heterocycles. The largest absolute Gasteiger partial charge is 0.510 e. The molecule has 0 unspecified atom stereocenters. The number of ketones is 3. The van der Waals surface area contributed by atoms with Crippen LogP contribution in [0.25, 0.3) is 0 Å². The van der Waals surface area contributed by atoms with Crippen LogP contribution in [0.1, 0.15) is 45.2 Å². The van der Waals surface area contributed by atoms with Crippen molar-refractivity contribution in [3.63, 3.8) is 0 Å². The standard InChI is InChI=1S/C33H37N5O9/c1-14(39)15-6-8-18(9-7-15)36-32(46)35-13-17-12-21(37(2)3)19-10-16-11-20-25(38(4)5)28(42)24(31(34)45)30(44)33(20,47)29(43)22(16)27(41)23(19)26(17)40/h6-9,12,16,20,25,40,42-43,47H,10-11,13H2,1-5H3,(H2,34,45)(H2,35,36,46)/t16-,20-,25-,33-/m1/s1. The Labute approximate surface area is 270 Å². The number of nitrogens with one attached hydrogen (secondary N) is 2. The zero-order chi connectivity index (χ0) is 34.7. The van der Waals surface area contributed by atoms with E-state index in [9.17, 15) is 44.4 Å². The van der Waals surface area contributed by atoms with Crippen LogP contribution < -0.4 is 21.3 Å². The van der Waals surface area contributed by atoms with E-state index in [1.807, 2.05) is 0 Å². The summed E-state index contributed by atoms with van der Waals surface area (Å²) < 4.78 is 0. The first-order valence-corrected chi connectivity index (χ1v) is 14.9. The van der Waals surface area contributed by atoms with Gasteiger partial charge in [0.25, 0.3) is 5.91 Å². The highest BCUT2D eigenvalue weighted by Crippen LogP contribution is 2.53. The maximum atomic E-state index is 14.2. The molecule has 248 valence electrons. The average molecular weight is 648 g/mol. The van der Waals surface area contributed by atoms with Gasteiger partial charge in [-0.1, -0.05) is 0 Å². The van der Waals surface area contributed by atoms with E-state index in [1.54, 1.807) is 63.4 Å². The van der Waals surface area contributed by atoms with Crippen molar-refractivity contribution >= 4 is 40.7 Å². The van der Waals surface area contributed by atoms with Crippen molar-refractivity contribution in [1.82, 2.24) is 10.2 Å². The number of amides is 3. The number of nitrogens with two attached hydrogens (primary N) is 1. The molecule has 0 fully saturated rings. The van der Waals surface area contributed by atoms with Gasteiger partial charge < -0.3 is 41.7 Å². The second-order valence-electron chi connectivity index (χ2n) is 12.6. The van der Waals surface area contributed by atoms with E-state index >= 15 is 0 Å². The molecule has 0 saturated carbocycles. The van der Waals surface area contributed by atoms with Crippen LogP contribution in [0.15, 0.2) is 53.0 Å². The fourth-order valence-corrected chi connectivity index (χ4v) is 7.03. The third-order valence-electron chi connectivity index (χ3n) is 9.25. The molecule has 2 aromatic carbocycles. The monoisotopic (exact) mass is 647 g/mol. The molecule has 14 heteroatoms. The summed E-state index contributed by atoms with van der Waals surface area (Å²) in [6.07, 6.45) is 0.0936. The number of phenols is 1. The second kappa shape index (κ2) is 11.9. The van der Waals surface area contributed by atoms with Gasteiger partial charge in [0, 0.05) is 54.6 Å². The smallest absolute Gasteiger partial charge is 0.319 e. The fourth-order valence-electron chi connectivity index (χ4n) is 7.03. The molecule has 47 heavy (non-hydrogen) atoms. The van der Waals surface area contributed by atoms with Gasteiger partial charge in [-0.25, -0.2) is 4.79 Å². The quantitative estimate of drug-likeness (QED) is 0.169. The molecule has 0 spiro atoms. The molecule has 5 rings (SSSR count). The molecule has 3 aliphatic carbocycles. The number of aromatic hydroxyl groups is 1. The minimum absolute atomic E-state index is 0.0315. The van der Waals surface area contributed by atoms with Crippen LogP contribution in [0.3, 0.4) is 0 Å². The lowest BCUT2D eigenvalue weighted by Crippen LogP contribution is -2.63. The molecule has 4 atom stereocenters. The van der Waals surface area contributed by atoms with Crippen molar-refractivity contribution in [3.8, 4) is 5.75 Å². The number of fused-ring (bicyclic) bond motifs is 3. The number of hydrogen-bond acceptors (Lipinski definition) is 11. The number of aliphatic hydroxyl groups is 3. The summed E-state index contributed by atoms with van der Waals surface area (Å²) in [7, 11) is 6.61. The number of anilines is 2. The fraction of sp³-hybridized carbons (Fsp3) is 0.364. The lowest BCUT2D eigenvalue weighted by atomic mass is 9.58. The van der Waals surface area contributed by atoms with Crippen LogP contribution in [0.5, 0.6) is 5.75 Å². The van der Waals surface area contributed by atoms with E-state index in [0.717, 1.165) is 0 Å². The first kappa shape index (κ1) is 33.2. The molecule has 14 nitrogen and oxygen atoms in total. The molecule has 0 radical (unpaired) electrons. The summed E-state index contributed by atoms with van der Waals surface area (Å²) in [5.74, 6) is -7.46. The van der Waals surface area contributed by atoms with Crippen LogP contribution in [-0.4, -0.2) is 94.4 Å². The number of benzene rings is 2. The number of hydrogen-bond donors (Lipinski definition) is 7. The molecule has 3 amide bonds. The summed E-state index contributed by atoms with van der Waals surface area (Å²) in [5.41, 5.74) is 3.44. The lowest BCUT2D eigenvalue weighted by molar-refractivity contribution is -0.148. The molecular formula is C33H37N5O9. The third-order valence-corrected chi connectivity index (χ3v) is 9.25. The number of primary amides is 1. The van der Waals surface area contributed by atoms with Crippen molar-refractivity contribution in [1.29, 1.82) is 0 Å². The normalized spacial score (nSPS) is 23.6. The SMILES string of the molecule is CC(=O)c1ccc(NC(=O)NCc2cc(N(C)C)c3c(c2O)C(=O)C2=C(O)[C@@]4(O)C(=O)C(C(N)=O)=C(O)[C@H](N(C)C)[C@H]4C[C@H]2C3)cc1. The van der Waals surface area contributed by atoms with Crippen LogP contribution in [-0.2, 0) is 22.6 Å². The minimum atomic E-state index is -2.75. The Morgan fingerprint density at radius 3 is 2.23 bits per heavy atom. The minimum Gasteiger partial charge on any atom is -0.510 e. The van der Waals surface area contributed by atoms with Gasteiger partial charge in [0.1, 0.15) is 22.8 Å². The second-order valence-corrected chi connectivity index (χ2v) is 12.6. The Morgan fingerprint density at radius 1 is 1.04 bits per heavy atom. The maximum Gasteiger partial charge on any atom is 0.319 e. The molecule has 8 N–H and O–H groups in total. The number of rotatable bonds is 7. The molecule has 0 aromatic heterocycles. The number of carbonyl (C=O) groups is 5. The first-order chi connectivity index (χ1) is 22.0. The van der Waals surface area contributed by atoms with Gasteiger partial charge in [-0.3, -0.25) is 24.1 Å². The molecular weight excluding hydrogens is 610 g/mol. The van der Waals surface area contributed by atoms with Gasteiger partial charge in [0.05, 0.1) is 11.6 Å². The Hall–Kier alpha value is -5.21. The predicted molar refractivity (Wildman–Crippen MR) is 170 cm³/mol. The van der Waals surface area contributed by atoms with E-state index < -0.39 is 69.8 Å². The Balaban J connectivity index is 1.52. The molecule has 0 bridgehead atoms. The van der Waals surface area contributed by atoms with Gasteiger partial charge in [0.15, 0.2) is 17.2 Å². The molecule has 2 aromatic rings. The highest BCUT2D eigenvalue weighted by molar-refractivity contribution is 6.25. The van der Waals surface area contributed by atoms with Crippen molar-refractivity contribution < 1.29 is 44.4 Å². The number of nitrogens with zero attached hydrogens (tertiary/aromatic N) is 2. The van der Waals surface area contributed by atoms with E-state index in [1.165, 1.54) is 11.8 Å². The Morgan fingerprint density at radius 2 is 1.68 bits per heavy atom. The van der Waals surface area contributed by atoms with E-state index in [0.29, 0.717) is 22.5 Å². The van der Waals surface area contributed by atoms with Crippen molar-refractivity contribution in [3.05, 3.63) is 75.3 Å². The summed E-state index contributed by atoms with van der Waals surface area (Å²) >= 11 is 0. The van der Waals surface area contributed by atoms with E-state index in [4.69, 9.17) is 5.73 Å². The summed E-state index contributed by atoms with van der Waals surface area (Å²) in [6.45, 7) is 1.22. The zero-order valence-corrected chi connectivity index (χ0v) is 26.5. The van der Waals surface area contributed by atoms with E-state index in [-0.39, 0.29) is 41.9 Å². The van der Waals surface area contributed by atoms with Crippen molar-refractivity contribution in [2.45, 2.75) is 38.0 Å². The predicted octanol–water partition coefficient (Wildman–Crippen LogP) is 1.71. The number of likely N-dealkylation sites (N-methyl/N-ethyl adjacent to an activating group) is 1. The lowest BCUT2D eigenvalue weighted by Gasteiger charge is -2.50. The number of allylic oxidation sites excluding steroid dienone is 1. The van der Waals surface area contributed by atoms with Gasteiger partial charge >= 0.3 is 6.03 Å². The maximum absolute atomic E-state index is 14.2. The van der Waals surface area contributed by atoms with Gasteiger partial charge in [-0.05, 0) is 75.7 Å². The van der Waals surface area contributed by atoms with Crippen LogP contribution >= 0.6 is 0 Å². The average Bonchev–Trinajstić information content (AvgIpc) is 2.98. The van der Waals surface area contributed by atoms with Crippen molar-refractivity contribution in [2.75, 3.05) is 38.4 Å². The number of phenolic OH excluding ortho intramolecular Hbond substituents is 1. The number of urea groups is 1. The number of carbonyl (C=O) groups excluding carboxylic acids is 5. The summed E-state index contributed by atoms with van der Waals surface area (Å²) in [4.78, 5) is 67.3. The number of Topliss-reactive ketones (excluding diaryl/α,β-unsaturated/α-hetero) is 3. The van der Waals surface area contributed by atoms with Gasteiger partial charge in [-0.15, -0.1) is 0 Å². The van der Waals surface area contributed by atoms with Gasteiger partial charge in [-0.2, -0.15) is 0 Å². The first-order valence-electron chi connectivity index (χ1n) is 14.9. The highest BCUT2D eigenvalue weighted by Gasteiger charge is 2.63. The topological polar surface area (TPSA) is 223 Å². The van der Waals surface area contributed by atoms with Crippen LogP contribution in [0, 0.1) is 11.8 Å². The molecule has 0 heterocycles. The van der Waals surface area contributed by atoms with Crippen LogP contribution in [0.4, 0.5) is 16.2 Å². The van der Waals surface area contributed by atoms with Crippen molar-refractivity contribution in [2.24, 2.45) is 17.6 Å². The zero-order valence-electron chi connectivity index (χ0n) is 26.5. The molecule has 0 saturated heterocycles. The number of aliphatic hydroxyl groups excluding tert-OH is 2. The third kappa shape index (κ3) is 5.28. The summed E-state index contributed by atoms with van der Waals surface area (Å²) in [5, 5.41) is 51.0. The van der Waals surface area contributed by atoms with Crippen LogP contribution in [0.2, 0.25) is 0 Å². The van der Waals surface area contributed by atoms with Gasteiger partial charge in [0.2, 0.25) is 5.78 Å². The van der Waals surface area contributed by atoms with E-state index in [2.05, 4.69) is 10.6 Å².